The molecule has 2 rings (SSSR count). The van der Waals surface area contributed by atoms with Crippen molar-refractivity contribution in [1.29, 1.82) is 0 Å². The van der Waals surface area contributed by atoms with Gasteiger partial charge in [0.2, 0.25) is 0 Å². The summed E-state index contributed by atoms with van der Waals surface area (Å²) in [5.74, 6) is 0.795. The van der Waals surface area contributed by atoms with Crippen molar-refractivity contribution < 1.29 is 4.74 Å². The van der Waals surface area contributed by atoms with Crippen LogP contribution < -0.4 is 15.5 Å². The van der Waals surface area contributed by atoms with E-state index in [0.717, 1.165) is 29.1 Å². The topological polar surface area (TPSA) is 45.7 Å². The monoisotopic (exact) mass is 347 g/mol. The quantitative estimate of drug-likeness (QED) is 0.476. The Labute approximate surface area is 146 Å². The van der Waals surface area contributed by atoms with Crippen molar-refractivity contribution in [3.63, 3.8) is 0 Å². The maximum atomic E-state index is 5.90. The van der Waals surface area contributed by atoms with Crippen LogP contribution in [0.15, 0.2) is 53.6 Å². The fourth-order valence-corrected chi connectivity index (χ4v) is 2.23. The summed E-state index contributed by atoms with van der Waals surface area (Å²) in [6.45, 7) is 2.04. The zero-order valence-corrected chi connectivity index (χ0v) is 14.5. The number of halogens is 1. The normalized spacial score (nSPS) is 11.0. The Kier molecular flexibility index (Phi) is 6.38. The van der Waals surface area contributed by atoms with Crippen LogP contribution in [0.25, 0.3) is 0 Å². The number of nitrogens with one attached hydrogen (secondary N) is 2. The van der Waals surface area contributed by atoms with Gasteiger partial charge in [0.25, 0.3) is 0 Å². The number of benzene rings is 2. The minimum absolute atomic E-state index is 0.426. The number of anilines is 1. The molecule has 120 valence electrons. The van der Waals surface area contributed by atoms with E-state index in [2.05, 4.69) is 15.8 Å². The van der Waals surface area contributed by atoms with Crippen LogP contribution in [0.5, 0.6) is 5.75 Å². The van der Waals surface area contributed by atoms with E-state index in [1.807, 2.05) is 55.5 Å². The highest BCUT2D eigenvalue weighted by Crippen LogP contribution is 2.15. The van der Waals surface area contributed by atoms with Gasteiger partial charge >= 0.3 is 0 Å². The zero-order chi connectivity index (χ0) is 16.7. The molecule has 2 aromatic rings. The molecule has 6 heteroatoms. The maximum absolute atomic E-state index is 5.90. The lowest BCUT2D eigenvalue weighted by atomic mass is 10.1. The fraction of sp³-hybridized carbons (Fsp3) is 0.176. The summed E-state index contributed by atoms with van der Waals surface area (Å²) in [7, 11) is 1.63. The molecule has 0 spiro atoms. The largest absolute Gasteiger partial charge is 0.497 e. The Hall–Kier alpha value is -2.11. The molecule has 0 aliphatic rings. The van der Waals surface area contributed by atoms with Gasteiger partial charge in [0.05, 0.1) is 12.8 Å². The first-order valence-corrected chi connectivity index (χ1v) is 7.94. The lowest BCUT2D eigenvalue weighted by Gasteiger charge is -2.09. The first-order chi connectivity index (χ1) is 11.1. The standard InChI is InChI=1S/C17H18ClN3OS/c1-3-16(12-4-6-13(18)7-5-12)20-21-17(23)19-14-8-10-15(22-2)11-9-14/h4-11H,3H2,1-2H3,(H2,19,21,23)/b20-16-. The van der Waals surface area contributed by atoms with Gasteiger partial charge in [0, 0.05) is 10.7 Å². The smallest absolute Gasteiger partial charge is 0.191 e. The van der Waals surface area contributed by atoms with Gasteiger partial charge in [-0.1, -0.05) is 30.7 Å². The van der Waals surface area contributed by atoms with Gasteiger partial charge in [-0.15, -0.1) is 0 Å². The lowest BCUT2D eigenvalue weighted by molar-refractivity contribution is 0.415. The van der Waals surface area contributed by atoms with Crippen LogP contribution in [0, 0.1) is 0 Å². The molecule has 0 aliphatic heterocycles. The number of hydrazone groups is 1. The minimum atomic E-state index is 0.426. The van der Waals surface area contributed by atoms with Crippen molar-refractivity contribution >= 4 is 40.3 Å². The van der Waals surface area contributed by atoms with Crippen LogP contribution in [0.3, 0.4) is 0 Å². The van der Waals surface area contributed by atoms with Gasteiger partial charge in [0.1, 0.15) is 5.75 Å². The van der Waals surface area contributed by atoms with Crippen molar-refractivity contribution in [1.82, 2.24) is 5.43 Å². The van der Waals surface area contributed by atoms with Crippen molar-refractivity contribution in [3.8, 4) is 5.75 Å². The first-order valence-electron chi connectivity index (χ1n) is 7.16. The highest BCUT2D eigenvalue weighted by atomic mass is 35.5. The number of hydrogen-bond donors (Lipinski definition) is 2. The first kappa shape index (κ1) is 17.2. The number of rotatable bonds is 5. The van der Waals surface area contributed by atoms with Gasteiger partial charge in [-0.25, -0.2) is 0 Å². The van der Waals surface area contributed by atoms with Gasteiger partial charge < -0.3 is 10.1 Å². The van der Waals surface area contributed by atoms with Gasteiger partial charge in [0.15, 0.2) is 5.11 Å². The SMILES string of the molecule is CC/C(=N/NC(=S)Nc1ccc(OC)cc1)c1ccc(Cl)cc1. The average molecular weight is 348 g/mol. The molecule has 0 fully saturated rings. The Balaban J connectivity index is 1.98. The van der Waals surface area contributed by atoms with E-state index in [-0.39, 0.29) is 0 Å². The van der Waals surface area contributed by atoms with Gasteiger partial charge in [-0.2, -0.15) is 5.10 Å². The summed E-state index contributed by atoms with van der Waals surface area (Å²) < 4.78 is 5.12. The molecule has 0 bridgehead atoms. The Bertz CT molecular complexity index is 684. The van der Waals surface area contributed by atoms with E-state index < -0.39 is 0 Å². The number of ether oxygens (including phenoxy) is 1. The zero-order valence-electron chi connectivity index (χ0n) is 13.0. The third-order valence-electron chi connectivity index (χ3n) is 3.15. The third-order valence-corrected chi connectivity index (χ3v) is 3.60. The Morgan fingerprint density at radius 3 is 2.35 bits per heavy atom. The van der Waals surface area contributed by atoms with Crippen LogP contribution in [-0.4, -0.2) is 17.9 Å². The Morgan fingerprint density at radius 2 is 1.78 bits per heavy atom. The molecule has 0 aliphatic carbocycles. The van der Waals surface area contributed by atoms with Crippen molar-refractivity contribution in [2.24, 2.45) is 5.10 Å². The van der Waals surface area contributed by atoms with Crippen LogP contribution >= 0.6 is 23.8 Å². The molecule has 0 heterocycles. The van der Waals surface area contributed by atoms with Crippen molar-refractivity contribution in [3.05, 3.63) is 59.1 Å². The van der Waals surface area contributed by atoms with Crippen LogP contribution in [0.4, 0.5) is 5.69 Å². The second kappa shape index (κ2) is 8.50. The Morgan fingerprint density at radius 1 is 1.13 bits per heavy atom. The molecule has 0 unspecified atom stereocenters. The lowest BCUT2D eigenvalue weighted by Crippen LogP contribution is -2.25. The van der Waals surface area contributed by atoms with Gasteiger partial charge in [-0.05, 0) is 60.6 Å². The summed E-state index contributed by atoms with van der Waals surface area (Å²) in [6.07, 6.45) is 0.778. The predicted molar refractivity (Wildman–Crippen MR) is 101 cm³/mol. The molecule has 0 atom stereocenters. The highest BCUT2D eigenvalue weighted by molar-refractivity contribution is 7.80. The fourth-order valence-electron chi connectivity index (χ4n) is 1.94. The van der Waals surface area contributed by atoms with E-state index in [1.165, 1.54) is 0 Å². The molecule has 0 radical (unpaired) electrons. The van der Waals surface area contributed by atoms with Crippen LogP contribution in [-0.2, 0) is 0 Å². The second-order valence-electron chi connectivity index (χ2n) is 4.71. The molecule has 0 saturated carbocycles. The van der Waals surface area contributed by atoms with Crippen LogP contribution in [0.2, 0.25) is 5.02 Å². The number of nitrogens with zero attached hydrogens (tertiary/aromatic N) is 1. The molecule has 0 amide bonds. The molecule has 4 nitrogen and oxygen atoms in total. The average Bonchev–Trinajstić information content (AvgIpc) is 2.57. The summed E-state index contributed by atoms with van der Waals surface area (Å²) in [6, 6.07) is 15.1. The molecule has 2 N–H and O–H groups in total. The van der Waals surface area contributed by atoms with E-state index in [0.29, 0.717) is 10.1 Å². The molecular formula is C17H18ClN3OS. The number of hydrogen-bond acceptors (Lipinski definition) is 3. The van der Waals surface area contributed by atoms with Crippen molar-refractivity contribution in [2.45, 2.75) is 13.3 Å². The summed E-state index contributed by atoms with van der Waals surface area (Å²) in [5.41, 5.74) is 5.65. The second-order valence-corrected chi connectivity index (χ2v) is 5.56. The maximum Gasteiger partial charge on any atom is 0.191 e. The molecule has 23 heavy (non-hydrogen) atoms. The third kappa shape index (κ3) is 5.23. The summed E-state index contributed by atoms with van der Waals surface area (Å²) in [5, 5.41) is 8.57. The van der Waals surface area contributed by atoms with E-state index in [1.54, 1.807) is 7.11 Å². The summed E-state index contributed by atoms with van der Waals surface area (Å²) in [4.78, 5) is 0. The van der Waals surface area contributed by atoms with E-state index >= 15 is 0 Å². The van der Waals surface area contributed by atoms with Gasteiger partial charge in [-0.3, -0.25) is 5.43 Å². The number of methoxy groups -OCH3 is 1. The molecular weight excluding hydrogens is 330 g/mol. The predicted octanol–water partition coefficient (Wildman–Crippen LogP) is 4.45. The molecule has 0 aromatic heterocycles. The van der Waals surface area contributed by atoms with Crippen LogP contribution in [0.1, 0.15) is 18.9 Å². The minimum Gasteiger partial charge on any atom is -0.497 e. The number of thiocarbonyl (C=S) groups is 1. The van der Waals surface area contributed by atoms with E-state index in [4.69, 9.17) is 28.6 Å². The molecule has 2 aromatic carbocycles. The van der Waals surface area contributed by atoms with Crippen molar-refractivity contribution in [2.75, 3.05) is 12.4 Å². The highest BCUT2D eigenvalue weighted by Gasteiger charge is 2.02. The molecule has 0 saturated heterocycles. The summed E-state index contributed by atoms with van der Waals surface area (Å²) >= 11 is 11.2. The van der Waals surface area contributed by atoms with E-state index in [9.17, 15) is 0 Å².